The summed E-state index contributed by atoms with van der Waals surface area (Å²) >= 11 is 0. The smallest absolute Gasteiger partial charge is 0.280 e. The van der Waals surface area contributed by atoms with E-state index in [4.69, 9.17) is 5.73 Å². The topological polar surface area (TPSA) is 115 Å². The van der Waals surface area contributed by atoms with Crippen LogP contribution in [-0.4, -0.2) is 26.8 Å². The molecular formula is C19H20N6O2. The highest BCUT2D eigenvalue weighted by Crippen LogP contribution is 2.16. The highest BCUT2D eigenvalue weighted by molar-refractivity contribution is 6.06. The molecule has 138 valence electrons. The average molecular weight is 364 g/mol. The first-order valence-corrected chi connectivity index (χ1v) is 8.36. The quantitative estimate of drug-likeness (QED) is 0.643. The Balaban J connectivity index is 1.68. The summed E-state index contributed by atoms with van der Waals surface area (Å²) in [5, 5.41) is 13.1. The molecule has 0 aliphatic carbocycles. The van der Waals surface area contributed by atoms with Crippen LogP contribution in [0.1, 0.15) is 21.6 Å². The molecule has 0 saturated carbocycles. The van der Waals surface area contributed by atoms with Crippen LogP contribution in [0.2, 0.25) is 0 Å². The van der Waals surface area contributed by atoms with Crippen LogP contribution in [0.3, 0.4) is 0 Å². The van der Waals surface area contributed by atoms with E-state index in [0.717, 1.165) is 11.1 Å². The summed E-state index contributed by atoms with van der Waals surface area (Å²) in [5.74, 6) is -0.768. The summed E-state index contributed by atoms with van der Waals surface area (Å²) in [6.45, 7) is 3.67. The molecule has 0 fully saturated rings. The molecule has 4 N–H and O–H groups in total. The van der Waals surface area contributed by atoms with Crippen molar-refractivity contribution in [1.82, 2.24) is 15.0 Å². The van der Waals surface area contributed by atoms with Crippen molar-refractivity contribution in [3.05, 3.63) is 65.4 Å². The summed E-state index contributed by atoms with van der Waals surface area (Å²) in [5.41, 5.74) is 9.21. The van der Waals surface area contributed by atoms with Gasteiger partial charge in [-0.3, -0.25) is 9.59 Å². The molecule has 2 amide bonds. The number of amides is 2. The molecule has 27 heavy (non-hydrogen) atoms. The standard InChI is InChI=1S/C19H20N6O2/c1-12-6-5-8-14(10-12)21-16(26)11-25-18(20)17(23-24-25)19(27)22-15-9-4-3-7-13(15)2/h3-10H,11,20H2,1-2H3,(H,21,26)(H,22,27). The largest absolute Gasteiger partial charge is 0.382 e. The SMILES string of the molecule is Cc1cccc(NC(=O)Cn2nnc(C(=O)Nc3ccccc3C)c2N)c1. The zero-order chi connectivity index (χ0) is 19.4. The Morgan fingerprint density at radius 2 is 1.85 bits per heavy atom. The second-order valence-electron chi connectivity index (χ2n) is 6.17. The number of nitrogens with zero attached hydrogens (tertiary/aromatic N) is 3. The number of aromatic nitrogens is 3. The molecule has 0 saturated heterocycles. The van der Waals surface area contributed by atoms with Crippen LogP contribution in [0.25, 0.3) is 0 Å². The van der Waals surface area contributed by atoms with Crippen LogP contribution in [0.5, 0.6) is 0 Å². The molecule has 8 heteroatoms. The highest BCUT2D eigenvalue weighted by atomic mass is 16.2. The van der Waals surface area contributed by atoms with E-state index in [-0.39, 0.29) is 24.0 Å². The van der Waals surface area contributed by atoms with Crippen molar-refractivity contribution in [3.63, 3.8) is 0 Å². The molecule has 0 unspecified atom stereocenters. The molecule has 3 aromatic rings. The first-order valence-electron chi connectivity index (χ1n) is 8.36. The first kappa shape index (κ1) is 18.1. The van der Waals surface area contributed by atoms with Crippen LogP contribution in [0.4, 0.5) is 17.2 Å². The van der Waals surface area contributed by atoms with Crippen LogP contribution < -0.4 is 16.4 Å². The molecule has 1 aromatic heterocycles. The summed E-state index contributed by atoms with van der Waals surface area (Å²) in [6, 6.07) is 14.8. The average Bonchev–Trinajstić information content (AvgIpc) is 2.97. The van der Waals surface area contributed by atoms with Gasteiger partial charge in [0, 0.05) is 11.4 Å². The summed E-state index contributed by atoms with van der Waals surface area (Å²) in [7, 11) is 0. The number of anilines is 3. The second-order valence-corrected chi connectivity index (χ2v) is 6.17. The number of rotatable bonds is 5. The number of carbonyl (C=O) groups excluding carboxylic acids is 2. The molecule has 8 nitrogen and oxygen atoms in total. The maximum Gasteiger partial charge on any atom is 0.280 e. The van der Waals surface area contributed by atoms with E-state index in [1.807, 2.05) is 50.2 Å². The highest BCUT2D eigenvalue weighted by Gasteiger charge is 2.19. The Kier molecular flexibility index (Phi) is 5.16. The minimum absolute atomic E-state index is 0.0263. The fourth-order valence-corrected chi connectivity index (χ4v) is 2.55. The fraction of sp³-hybridized carbons (Fsp3) is 0.158. The summed E-state index contributed by atoms with van der Waals surface area (Å²) in [6.07, 6.45) is 0. The second kappa shape index (κ2) is 7.69. The van der Waals surface area contributed by atoms with Crippen molar-refractivity contribution in [1.29, 1.82) is 0 Å². The third-order valence-electron chi connectivity index (χ3n) is 3.98. The van der Waals surface area contributed by atoms with Crippen molar-refractivity contribution in [2.75, 3.05) is 16.4 Å². The molecule has 0 bridgehead atoms. The number of benzene rings is 2. The number of aryl methyl sites for hydroxylation is 2. The maximum atomic E-state index is 12.4. The zero-order valence-corrected chi connectivity index (χ0v) is 15.1. The Morgan fingerprint density at radius 3 is 2.59 bits per heavy atom. The number of para-hydroxylation sites is 1. The number of hydrogen-bond donors (Lipinski definition) is 3. The Labute approximate surface area is 156 Å². The van der Waals surface area contributed by atoms with Gasteiger partial charge >= 0.3 is 0 Å². The van der Waals surface area contributed by atoms with E-state index in [1.54, 1.807) is 12.1 Å². The van der Waals surface area contributed by atoms with Gasteiger partial charge in [0.1, 0.15) is 6.54 Å². The van der Waals surface area contributed by atoms with Gasteiger partial charge in [0.15, 0.2) is 11.5 Å². The third-order valence-corrected chi connectivity index (χ3v) is 3.98. The Morgan fingerprint density at radius 1 is 1.07 bits per heavy atom. The summed E-state index contributed by atoms with van der Waals surface area (Å²) < 4.78 is 1.19. The molecule has 0 radical (unpaired) electrons. The lowest BCUT2D eigenvalue weighted by Crippen LogP contribution is -2.21. The van der Waals surface area contributed by atoms with Gasteiger partial charge < -0.3 is 16.4 Å². The van der Waals surface area contributed by atoms with Crippen molar-refractivity contribution >= 4 is 29.0 Å². The van der Waals surface area contributed by atoms with Crippen molar-refractivity contribution in [3.8, 4) is 0 Å². The number of carbonyl (C=O) groups is 2. The van der Waals surface area contributed by atoms with E-state index in [1.165, 1.54) is 4.68 Å². The molecule has 0 aliphatic rings. The molecular weight excluding hydrogens is 344 g/mol. The lowest BCUT2D eigenvalue weighted by atomic mass is 10.2. The van der Waals surface area contributed by atoms with Gasteiger partial charge in [0.25, 0.3) is 5.91 Å². The van der Waals surface area contributed by atoms with Crippen molar-refractivity contribution in [2.24, 2.45) is 0 Å². The van der Waals surface area contributed by atoms with Gasteiger partial charge in [-0.05, 0) is 43.2 Å². The number of nitrogens with two attached hydrogens (primary N) is 1. The number of hydrogen-bond acceptors (Lipinski definition) is 5. The van der Waals surface area contributed by atoms with Gasteiger partial charge in [-0.25, -0.2) is 4.68 Å². The zero-order valence-electron chi connectivity index (χ0n) is 15.1. The Bertz CT molecular complexity index is 995. The van der Waals surface area contributed by atoms with Crippen LogP contribution in [0.15, 0.2) is 48.5 Å². The van der Waals surface area contributed by atoms with E-state index in [0.29, 0.717) is 11.4 Å². The predicted molar refractivity (Wildman–Crippen MR) is 103 cm³/mol. The van der Waals surface area contributed by atoms with E-state index in [2.05, 4.69) is 20.9 Å². The molecule has 0 spiro atoms. The molecule has 1 heterocycles. The predicted octanol–water partition coefficient (Wildman–Crippen LogP) is 2.37. The van der Waals surface area contributed by atoms with Crippen LogP contribution in [0, 0.1) is 13.8 Å². The fourth-order valence-electron chi connectivity index (χ4n) is 2.55. The van der Waals surface area contributed by atoms with E-state index in [9.17, 15) is 9.59 Å². The maximum absolute atomic E-state index is 12.4. The lowest BCUT2D eigenvalue weighted by molar-refractivity contribution is -0.116. The Hall–Kier alpha value is -3.68. The third kappa shape index (κ3) is 4.30. The number of nitrogen functional groups attached to an aromatic ring is 1. The lowest BCUT2D eigenvalue weighted by Gasteiger charge is -2.08. The molecule has 0 aliphatic heterocycles. The normalized spacial score (nSPS) is 10.4. The van der Waals surface area contributed by atoms with E-state index < -0.39 is 5.91 Å². The van der Waals surface area contributed by atoms with Crippen molar-refractivity contribution in [2.45, 2.75) is 20.4 Å². The molecule has 2 aromatic carbocycles. The number of nitrogens with one attached hydrogen (secondary N) is 2. The van der Waals surface area contributed by atoms with Crippen molar-refractivity contribution < 1.29 is 9.59 Å². The minimum Gasteiger partial charge on any atom is -0.382 e. The van der Waals surface area contributed by atoms with Gasteiger partial charge in [-0.2, -0.15) is 0 Å². The van der Waals surface area contributed by atoms with E-state index >= 15 is 0 Å². The minimum atomic E-state index is -0.479. The van der Waals surface area contributed by atoms with Gasteiger partial charge in [0.05, 0.1) is 0 Å². The monoisotopic (exact) mass is 364 g/mol. The van der Waals surface area contributed by atoms with Gasteiger partial charge in [0.2, 0.25) is 5.91 Å². The first-order chi connectivity index (χ1) is 12.9. The van der Waals surface area contributed by atoms with Crippen LogP contribution >= 0.6 is 0 Å². The summed E-state index contributed by atoms with van der Waals surface area (Å²) in [4.78, 5) is 24.6. The van der Waals surface area contributed by atoms with Gasteiger partial charge in [-0.15, -0.1) is 5.10 Å². The molecule has 0 atom stereocenters. The van der Waals surface area contributed by atoms with Gasteiger partial charge in [-0.1, -0.05) is 35.5 Å². The molecule has 3 rings (SSSR count). The van der Waals surface area contributed by atoms with Crippen LogP contribution in [-0.2, 0) is 11.3 Å².